The normalized spacial score (nSPS) is 13.2. The number of aliphatic hydroxyl groups is 2. The van der Waals surface area contributed by atoms with E-state index < -0.39 is 77.2 Å². The Bertz CT molecular complexity index is 4880. The number of cyclic esters (lactones) is 2. The lowest BCUT2D eigenvalue weighted by molar-refractivity contribution is -0.163. The van der Waals surface area contributed by atoms with E-state index in [0.29, 0.717) is 119 Å². The summed E-state index contributed by atoms with van der Waals surface area (Å²) in [5.41, 5.74) is 19.8. The fourth-order valence-corrected chi connectivity index (χ4v) is 12.8. The van der Waals surface area contributed by atoms with Gasteiger partial charge in [-0.1, -0.05) is 88.4 Å². The zero-order valence-corrected chi connectivity index (χ0v) is 69.5. The number of amides is 9. The van der Waals surface area contributed by atoms with Crippen molar-refractivity contribution in [1.29, 1.82) is 0 Å². The molecule has 4 aromatic heterocycles. The van der Waals surface area contributed by atoms with Crippen LogP contribution in [-0.2, 0) is 102 Å². The molecule has 0 unspecified atom stereocenters. The van der Waals surface area contributed by atoms with Crippen LogP contribution in [0.25, 0.3) is 43.9 Å². The first-order valence-electron chi connectivity index (χ1n) is 39.9. The molecule has 648 valence electrons. The number of nitrogens with zero attached hydrogens (tertiary/aromatic N) is 6. The predicted octanol–water partition coefficient (Wildman–Crippen LogP) is 9.83. The van der Waals surface area contributed by atoms with Crippen LogP contribution >= 0.6 is 0 Å². The molecule has 8 aromatic rings. The second-order valence-electron chi connectivity index (χ2n) is 30.9. The molecule has 9 amide bonds. The number of benzene rings is 4. The Morgan fingerprint density at radius 2 is 0.958 bits per heavy atom. The first kappa shape index (κ1) is 95.0. The van der Waals surface area contributed by atoms with Crippen molar-refractivity contribution in [2.45, 2.75) is 209 Å². The highest BCUT2D eigenvalue weighted by atomic mass is 16.6. The fourth-order valence-electron chi connectivity index (χ4n) is 12.8. The number of imidazole rings is 2. The predicted molar refractivity (Wildman–Crippen MR) is 447 cm³/mol. The molecule has 36 nitrogen and oxygen atoms in total. The molecule has 16 N–H and O–H groups in total. The zero-order chi connectivity index (χ0) is 88.0. The minimum Gasteiger partial charge on any atom is -0.481 e. The van der Waals surface area contributed by atoms with Crippen molar-refractivity contribution in [2.75, 3.05) is 47.6 Å². The first-order valence-corrected chi connectivity index (χ1v) is 39.9. The molecule has 0 bridgehead atoms. The molecule has 5 heterocycles. The number of anilines is 4. The SMILES string of the molecule is CCOCc1nc2c(NC(=O)OCc3ccc(NC(=O)[C@H](CCCNC(N)=O)CC(=O)[C@@H](N)C(C)C)cc3)nc3ccccc3c2n1CC(C)(C)O.CCOCc1nc2c(NC(=O)OCc3ccc(NC(=O)[C@H](CCCNC(N)=O)CC(=O)[C@@H](NC(=O)CCCC(=O)O)C(C)C)cc3)nc3ccccc3c2n1CC(C)(C)O.O=C1CCCC(=O)O1. The lowest BCUT2D eigenvalue weighted by atomic mass is 9.89. The first-order chi connectivity index (χ1) is 56.9. The molecule has 4 atom stereocenters. The number of ether oxygens (including phenoxy) is 5. The van der Waals surface area contributed by atoms with E-state index in [1.165, 1.54) is 0 Å². The molecular formula is C84H112N16O20. The second kappa shape index (κ2) is 45.7. The van der Waals surface area contributed by atoms with Crippen LogP contribution in [0.2, 0.25) is 0 Å². The molecular weight excluding hydrogens is 1550 g/mol. The van der Waals surface area contributed by atoms with Crippen molar-refractivity contribution in [3.05, 3.63) is 120 Å². The van der Waals surface area contributed by atoms with Gasteiger partial charge >= 0.3 is 42.2 Å². The summed E-state index contributed by atoms with van der Waals surface area (Å²) in [6, 6.07) is 25.3. The summed E-state index contributed by atoms with van der Waals surface area (Å²) >= 11 is 0. The van der Waals surface area contributed by atoms with Crippen molar-refractivity contribution in [2.24, 2.45) is 40.9 Å². The molecule has 0 radical (unpaired) electrons. The van der Waals surface area contributed by atoms with Crippen molar-refractivity contribution in [1.82, 2.24) is 45.0 Å². The number of hydrogen-bond acceptors (Lipinski definition) is 24. The largest absolute Gasteiger partial charge is 0.481 e. The van der Waals surface area contributed by atoms with E-state index in [1.807, 2.05) is 85.4 Å². The van der Waals surface area contributed by atoms with Crippen LogP contribution in [0.15, 0.2) is 97.1 Å². The highest BCUT2D eigenvalue weighted by Crippen LogP contribution is 2.35. The Morgan fingerprint density at radius 1 is 0.542 bits per heavy atom. The average Bonchev–Trinajstić information content (AvgIpc) is 1.58. The number of pyridine rings is 2. The van der Waals surface area contributed by atoms with Gasteiger partial charge in [0.2, 0.25) is 17.7 Å². The van der Waals surface area contributed by atoms with Crippen LogP contribution in [0.1, 0.15) is 169 Å². The van der Waals surface area contributed by atoms with Gasteiger partial charge in [0.25, 0.3) is 0 Å². The van der Waals surface area contributed by atoms with E-state index in [0.717, 1.165) is 10.8 Å². The van der Waals surface area contributed by atoms with Crippen LogP contribution in [-0.4, -0.2) is 165 Å². The molecule has 1 fully saturated rings. The lowest BCUT2D eigenvalue weighted by Crippen LogP contribution is -2.45. The smallest absolute Gasteiger partial charge is 0.413 e. The third kappa shape index (κ3) is 30.4. The maximum Gasteiger partial charge on any atom is 0.413 e. The fraction of sp³-hybridized carbons (Fsp3) is 0.476. The molecule has 1 aliphatic heterocycles. The summed E-state index contributed by atoms with van der Waals surface area (Å²) in [7, 11) is 0. The quantitative estimate of drug-likeness (QED) is 0.00733. The number of aliphatic carboxylic acids is 1. The van der Waals surface area contributed by atoms with Crippen LogP contribution in [0.3, 0.4) is 0 Å². The molecule has 0 aliphatic carbocycles. The number of nitrogens with two attached hydrogens (primary N) is 3. The number of carboxylic acid groups (broad SMARTS) is 1. The van der Waals surface area contributed by atoms with E-state index in [1.54, 1.807) is 90.1 Å². The third-order valence-electron chi connectivity index (χ3n) is 18.8. The Kier molecular flexibility index (Phi) is 36.2. The number of fused-ring (bicyclic) bond motifs is 6. The standard InChI is InChI=1S/C42H56N8O10.C37H50N8O7.C5H6O3/c1-6-59-23-32-47-36-37(50(32)24-42(4,5)58)29-12-7-8-13-30(29)46-38(36)49-41(57)60-22-26-16-18-28(19-17-26)45-39(55)27(11-10-20-44-40(43)56)21-31(51)35(25(2)3)48-33(52)14-9-15-34(53)54;1-6-51-20-29-43-31-32(45(29)21-37(4,5)50)26-11-7-8-12-27(26)42-33(31)44-36(49)52-19-23-13-15-25(16-14-23)41-34(47)24(10-9-17-40-35(39)48)18-28(46)30(38)22(2)3;6-4-2-1-3-5(7)8-4/h7-8,12-13,16-19,25,27,35,58H,6,9-11,14-15,20-24H2,1-5H3,(H,45,55)(H,48,52)(H,53,54)(H3,43,44,56)(H,46,49,57);7-8,11-16,22,24,30,50H,6,9-10,17-21,38H2,1-5H3,(H,41,47)(H3,39,40,48)(H,42,44,49);1-3H2/t27-,35+;24-,30+;/m11./s1. The van der Waals surface area contributed by atoms with Gasteiger partial charge in [-0.15, -0.1) is 0 Å². The summed E-state index contributed by atoms with van der Waals surface area (Å²) in [5, 5.41) is 50.7. The number of primary amides is 2. The van der Waals surface area contributed by atoms with Gasteiger partial charge in [-0.05, 0) is 139 Å². The van der Waals surface area contributed by atoms with Gasteiger partial charge in [0.1, 0.15) is 49.1 Å². The van der Waals surface area contributed by atoms with Crippen LogP contribution in [0, 0.1) is 23.7 Å². The molecule has 0 spiro atoms. The van der Waals surface area contributed by atoms with Gasteiger partial charge in [0, 0.05) is 98.8 Å². The Labute approximate surface area is 694 Å². The number of rotatable bonds is 41. The number of nitrogens with one attached hydrogen (secondary N) is 7. The zero-order valence-electron chi connectivity index (χ0n) is 69.5. The summed E-state index contributed by atoms with van der Waals surface area (Å²) in [4.78, 5) is 164. The molecule has 1 saturated heterocycles. The summed E-state index contributed by atoms with van der Waals surface area (Å²) in [5.74, 6) is -3.97. The maximum atomic E-state index is 13.6. The number of esters is 2. The Hall–Kier alpha value is -12.1. The molecule has 1 aliphatic rings. The van der Waals surface area contributed by atoms with Gasteiger partial charge in [-0.2, -0.15) is 0 Å². The van der Waals surface area contributed by atoms with E-state index in [-0.39, 0.29) is 144 Å². The molecule has 4 aromatic carbocycles. The highest BCUT2D eigenvalue weighted by molar-refractivity contribution is 6.10. The maximum absolute atomic E-state index is 13.6. The van der Waals surface area contributed by atoms with Crippen molar-refractivity contribution < 1.29 is 96.5 Å². The monoisotopic (exact) mass is 1660 g/mol. The van der Waals surface area contributed by atoms with Crippen molar-refractivity contribution >= 4 is 138 Å². The minimum absolute atomic E-state index is 0.0331. The van der Waals surface area contributed by atoms with Crippen molar-refractivity contribution in [3.63, 3.8) is 0 Å². The lowest BCUT2D eigenvalue weighted by Gasteiger charge is -2.24. The van der Waals surface area contributed by atoms with E-state index in [9.17, 15) is 67.7 Å². The van der Waals surface area contributed by atoms with Gasteiger partial charge in [0.15, 0.2) is 23.2 Å². The highest BCUT2D eigenvalue weighted by Gasteiger charge is 2.32. The number of aromatic nitrogens is 6. The van der Waals surface area contributed by atoms with Crippen LogP contribution < -0.4 is 54.4 Å². The number of carbonyl (C=O) groups excluding carboxylic acids is 11. The summed E-state index contributed by atoms with van der Waals surface area (Å²) in [6.07, 6.45) is 0.916. The number of para-hydroxylation sites is 2. The number of ketones is 2. The van der Waals surface area contributed by atoms with E-state index >= 15 is 0 Å². The van der Waals surface area contributed by atoms with Crippen LogP contribution in [0.5, 0.6) is 0 Å². The minimum atomic E-state index is -1.08. The number of carbonyl (C=O) groups is 12. The van der Waals surface area contributed by atoms with Crippen LogP contribution in [0.4, 0.5) is 42.2 Å². The number of carboxylic acids is 1. The van der Waals surface area contributed by atoms with Gasteiger partial charge in [-0.25, -0.2) is 39.1 Å². The molecule has 36 heteroatoms. The van der Waals surface area contributed by atoms with Gasteiger partial charge < -0.3 is 91.9 Å². The molecule has 0 saturated carbocycles. The van der Waals surface area contributed by atoms with E-state index in [4.69, 9.17) is 51.2 Å². The molecule has 9 rings (SSSR count). The summed E-state index contributed by atoms with van der Waals surface area (Å²) < 4.78 is 30.4. The van der Waals surface area contributed by atoms with Gasteiger partial charge in [0.05, 0.1) is 58.4 Å². The summed E-state index contributed by atoms with van der Waals surface area (Å²) in [6.45, 7) is 19.8. The Morgan fingerprint density at radius 3 is 1.32 bits per heavy atom. The third-order valence-corrected chi connectivity index (χ3v) is 18.8. The number of Topliss-reactive ketones (excluding diaryl/α,β-unsaturated/α-hetero) is 2. The Balaban J connectivity index is 0.000000304. The average molecular weight is 1670 g/mol. The van der Waals surface area contributed by atoms with Gasteiger partial charge in [-0.3, -0.25) is 49.0 Å². The van der Waals surface area contributed by atoms with E-state index in [2.05, 4.69) is 51.9 Å². The van der Waals surface area contributed by atoms with Crippen molar-refractivity contribution in [3.8, 4) is 0 Å². The molecule has 120 heavy (non-hydrogen) atoms. The second-order valence-corrected chi connectivity index (χ2v) is 30.9. The topological polar surface area (TPSA) is 535 Å². The number of urea groups is 2. The number of hydrogen-bond donors (Lipinski definition) is 13.